The van der Waals surface area contributed by atoms with E-state index in [1.54, 1.807) is 29.2 Å². The molecule has 2 unspecified atom stereocenters. The first-order chi connectivity index (χ1) is 12.1. The molecule has 7 heteroatoms. The zero-order valence-electron chi connectivity index (χ0n) is 14.3. The molecule has 25 heavy (non-hydrogen) atoms. The van der Waals surface area contributed by atoms with E-state index in [4.69, 9.17) is 9.15 Å². The molecule has 1 saturated carbocycles. The minimum Gasteiger partial charge on any atom is -0.452 e. The number of furan rings is 1. The predicted molar refractivity (Wildman–Crippen MR) is 89.9 cm³/mol. The van der Waals surface area contributed by atoms with Gasteiger partial charge in [0.1, 0.15) is 5.76 Å². The lowest BCUT2D eigenvalue weighted by molar-refractivity contribution is -0.125. The van der Waals surface area contributed by atoms with E-state index in [0.29, 0.717) is 18.2 Å². The van der Waals surface area contributed by atoms with Gasteiger partial charge >= 0.3 is 5.97 Å². The molecule has 0 aliphatic heterocycles. The molecule has 0 radical (unpaired) electrons. The summed E-state index contributed by atoms with van der Waals surface area (Å²) in [7, 11) is 0. The van der Waals surface area contributed by atoms with Gasteiger partial charge in [-0.15, -0.1) is 0 Å². The highest BCUT2D eigenvalue weighted by molar-refractivity contribution is 5.88. The van der Waals surface area contributed by atoms with Crippen molar-refractivity contribution >= 4 is 11.9 Å². The van der Waals surface area contributed by atoms with Gasteiger partial charge < -0.3 is 14.5 Å². The van der Waals surface area contributed by atoms with Crippen LogP contribution >= 0.6 is 0 Å². The van der Waals surface area contributed by atoms with Crippen molar-refractivity contribution < 1.29 is 18.7 Å². The summed E-state index contributed by atoms with van der Waals surface area (Å²) in [6.07, 6.45) is 7.91. The van der Waals surface area contributed by atoms with Crippen molar-refractivity contribution in [1.82, 2.24) is 15.1 Å². The minimum atomic E-state index is -0.640. The maximum atomic E-state index is 12.0. The standard InChI is InChI=1S/C18H23N3O4/c1-13-5-2-3-6-15(13)20-17(22)12-24-18(23)16-8-7-14(25-16)11-21-10-4-9-19-21/h4,7-10,13,15H,2-3,5-6,11-12H2,1H3,(H,20,22). The molecule has 0 saturated heterocycles. The van der Waals surface area contributed by atoms with Crippen LogP contribution in [0.1, 0.15) is 48.9 Å². The number of hydrogen-bond acceptors (Lipinski definition) is 5. The Balaban J connectivity index is 1.45. The van der Waals surface area contributed by atoms with Gasteiger partial charge in [-0.3, -0.25) is 9.48 Å². The highest BCUT2D eigenvalue weighted by Crippen LogP contribution is 2.23. The van der Waals surface area contributed by atoms with Crippen LogP contribution in [0, 0.1) is 5.92 Å². The van der Waals surface area contributed by atoms with Gasteiger partial charge in [0.2, 0.25) is 5.76 Å². The molecule has 7 nitrogen and oxygen atoms in total. The second-order valence-electron chi connectivity index (χ2n) is 6.48. The monoisotopic (exact) mass is 345 g/mol. The topological polar surface area (TPSA) is 86.4 Å². The van der Waals surface area contributed by atoms with Crippen molar-refractivity contribution in [3.63, 3.8) is 0 Å². The van der Waals surface area contributed by atoms with E-state index < -0.39 is 5.97 Å². The number of hydrogen-bond donors (Lipinski definition) is 1. The SMILES string of the molecule is CC1CCCCC1NC(=O)COC(=O)c1ccc(Cn2cccn2)o1. The molecule has 2 atom stereocenters. The van der Waals surface area contributed by atoms with E-state index in [2.05, 4.69) is 17.3 Å². The highest BCUT2D eigenvalue weighted by Gasteiger charge is 2.23. The van der Waals surface area contributed by atoms with Crippen LogP contribution < -0.4 is 5.32 Å². The lowest BCUT2D eigenvalue weighted by Crippen LogP contribution is -2.42. The quantitative estimate of drug-likeness (QED) is 0.812. The number of carbonyl (C=O) groups is 2. The van der Waals surface area contributed by atoms with E-state index >= 15 is 0 Å². The number of nitrogens with one attached hydrogen (secondary N) is 1. The van der Waals surface area contributed by atoms with Crippen LogP contribution in [0.5, 0.6) is 0 Å². The summed E-state index contributed by atoms with van der Waals surface area (Å²) < 4.78 is 12.2. The van der Waals surface area contributed by atoms with E-state index in [9.17, 15) is 9.59 Å². The summed E-state index contributed by atoms with van der Waals surface area (Å²) in [6, 6.07) is 5.22. The van der Waals surface area contributed by atoms with E-state index in [1.807, 2.05) is 6.07 Å². The Labute approximate surface area is 146 Å². The van der Waals surface area contributed by atoms with Crippen LogP contribution in [0.4, 0.5) is 0 Å². The second kappa shape index (κ2) is 8.00. The van der Waals surface area contributed by atoms with Gasteiger partial charge in [0.05, 0.1) is 6.54 Å². The first-order valence-corrected chi connectivity index (χ1v) is 8.64. The smallest absolute Gasteiger partial charge is 0.374 e. The van der Waals surface area contributed by atoms with Crippen LogP contribution in [-0.2, 0) is 16.1 Å². The number of amides is 1. The molecular formula is C18H23N3O4. The molecule has 1 aliphatic rings. The van der Waals surface area contributed by atoms with Crippen LogP contribution in [0.25, 0.3) is 0 Å². The lowest BCUT2D eigenvalue weighted by atomic mass is 9.86. The third-order valence-corrected chi connectivity index (χ3v) is 4.53. The Kier molecular flexibility index (Phi) is 5.53. The molecule has 0 aromatic carbocycles. The Hall–Kier alpha value is -2.57. The summed E-state index contributed by atoms with van der Waals surface area (Å²) in [5.74, 6) is 0.231. The van der Waals surface area contributed by atoms with Gasteiger partial charge in [-0.25, -0.2) is 4.79 Å². The molecule has 0 bridgehead atoms. The van der Waals surface area contributed by atoms with Crippen molar-refractivity contribution in [1.29, 1.82) is 0 Å². The average molecular weight is 345 g/mol. The zero-order chi connectivity index (χ0) is 17.6. The van der Waals surface area contributed by atoms with Crippen molar-refractivity contribution in [3.8, 4) is 0 Å². The average Bonchev–Trinajstić information content (AvgIpc) is 3.27. The van der Waals surface area contributed by atoms with Gasteiger partial charge in [0.25, 0.3) is 5.91 Å². The van der Waals surface area contributed by atoms with Crippen molar-refractivity contribution in [2.24, 2.45) is 5.92 Å². The van der Waals surface area contributed by atoms with Gasteiger partial charge in [-0.2, -0.15) is 5.10 Å². The predicted octanol–water partition coefficient (Wildman–Crippen LogP) is 2.38. The van der Waals surface area contributed by atoms with Crippen LogP contribution in [-0.4, -0.2) is 34.3 Å². The van der Waals surface area contributed by atoms with Gasteiger partial charge in [-0.05, 0) is 37.0 Å². The van der Waals surface area contributed by atoms with Crippen LogP contribution in [0.15, 0.2) is 35.0 Å². The molecular weight excluding hydrogens is 322 g/mol. The maximum Gasteiger partial charge on any atom is 0.374 e. The first kappa shape index (κ1) is 17.3. The molecule has 1 N–H and O–H groups in total. The number of rotatable bonds is 6. The number of carbonyl (C=O) groups excluding carboxylic acids is 2. The minimum absolute atomic E-state index is 0.0843. The maximum absolute atomic E-state index is 12.0. The fourth-order valence-corrected chi connectivity index (χ4v) is 3.11. The molecule has 3 rings (SSSR count). The number of ether oxygens (including phenoxy) is 1. The summed E-state index contributed by atoms with van der Waals surface area (Å²) in [4.78, 5) is 24.0. The molecule has 1 amide bonds. The third-order valence-electron chi connectivity index (χ3n) is 4.53. The van der Waals surface area contributed by atoms with Gasteiger partial charge in [-0.1, -0.05) is 19.8 Å². The lowest BCUT2D eigenvalue weighted by Gasteiger charge is -2.29. The molecule has 134 valence electrons. The van der Waals surface area contributed by atoms with Crippen LogP contribution in [0.3, 0.4) is 0 Å². The molecule has 1 fully saturated rings. The summed E-state index contributed by atoms with van der Waals surface area (Å²) in [5, 5.41) is 7.03. The Bertz CT molecular complexity index is 708. The molecule has 2 aromatic rings. The number of esters is 1. The Morgan fingerprint density at radius 2 is 2.20 bits per heavy atom. The largest absolute Gasteiger partial charge is 0.452 e. The molecule has 2 heterocycles. The second-order valence-corrected chi connectivity index (χ2v) is 6.48. The molecule has 0 spiro atoms. The summed E-state index contributed by atoms with van der Waals surface area (Å²) >= 11 is 0. The number of nitrogens with zero attached hydrogens (tertiary/aromatic N) is 2. The van der Waals surface area contributed by atoms with Crippen molar-refractivity contribution in [2.45, 2.75) is 45.2 Å². The molecule has 1 aliphatic carbocycles. The van der Waals surface area contributed by atoms with E-state index in [1.165, 1.54) is 6.42 Å². The van der Waals surface area contributed by atoms with E-state index in [0.717, 1.165) is 19.3 Å². The van der Waals surface area contributed by atoms with Gasteiger partial charge in [0, 0.05) is 18.4 Å². The Morgan fingerprint density at radius 3 is 2.96 bits per heavy atom. The van der Waals surface area contributed by atoms with Crippen molar-refractivity contribution in [3.05, 3.63) is 42.1 Å². The normalized spacial score (nSPS) is 20.2. The van der Waals surface area contributed by atoms with Gasteiger partial charge in [0.15, 0.2) is 6.61 Å². The van der Waals surface area contributed by atoms with Crippen molar-refractivity contribution in [2.75, 3.05) is 6.61 Å². The fourth-order valence-electron chi connectivity index (χ4n) is 3.11. The molecule has 2 aromatic heterocycles. The number of aromatic nitrogens is 2. The van der Waals surface area contributed by atoms with E-state index in [-0.39, 0.29) is 24.3 Å². The third kappa shape index (κ3) is 4.71. The first-order valence-electron chi connectivity index (χ1n) is 8.64. The highest BCUT2D eigenvalue weighted by atomic mass is 16.5. The van der Waals surface area contributed by atoms with Crippen LogP contribution in [0.2, 0.25) is 0 Å². The summed E-state index contributed by atoms with van der Waals surface area (Å²) in [6.45, 7) is 2.28. The zero-order valence-corrected chi connectivity index (χ0v) is 14.3. The summed E-state index contributed by atoms with van der Waals surface area (Å²) in [5.41, 5.74) is 0. The Morgan fingerprint density at radius 1 is 1.36 bits per heavy atom. The fraction of sp³-hybridized carbons (Fsp3) is 0.500.